The van der Waals surface area contributed by atoms with Crippen LogP contribution in [0.25, 0.3) is 0 Å². The summed E-state index contributed by atoms with van der Waals surface area (Å²) < 4.78 is 5.98. The molecular formula is C22H27N5O4S2. The smallest absolute Gasteiger partial charge is 0.233 e. The molecule has 0 radical (unpaired) electrons. The van der Waals surface area contributed by atoms with Gasteiger partial charge in [0.1, 0.15) is 5.75 Å². The highest BCUT2D eigenvalue weighted by atomic mass is 32.2. The number of hydrogen-bond acceptors (Lipinski definition) is 8. The molecule has 1 aromatic heterocycles. The van der Waals surface area contributed by atoms with Gasteiger partial charge in [0.15, 0.2) is 4.34 Å². The molecule has 2 aliphatic rings. The molecular weight excluding hydrogens is 462 g/mol. The van der Waals surface area contributed by atoms with Crippen LogP contribution in [-0.2, 0) is 14.4 Å². The summed E-state index contributed by atoms with van der Waals surface area (Å²) in [4.78, 5) is 41.3. The average molecular weight is 490 g/mol. The van der Waals surface area contributed by atoms with Gasteiger partial charge in [-0.15, -0.1) is 10.2 Å². The fourth-order valence-electron chi connectivity index (χ4n) is 4.03. The monoisotopic (exact) mass is 489 g/mol. The minimum absolute atomic E-state index is 0.114. The fraction of sp³-hybridized carbons (Fsp3) is 0.500. The topological polar surface area (TPSA) is 105 Å². The lowest BCUT2D eigenvalue weighted by atomic mass is 10.1. The van der Waals surface area contributed by atoms with Gasteiger partial charge in [0.2, 0.25) is 22.9 Å². The molecule has 0 unspecified atom stereocenters. The van der Waals surface area contributed by atoms with Crippen LogP contribution in [0.2, 0.25) is 0 Å². The average Bonchev–Trinajstić information content (AvgIpc) is 3.33. The van der Waals surface area contributed by atoms with Crippen molar-refractivity contribution >= 4 is 51.6 Å². The number of anilines is 2. The Bertz CT molecular complexity index is 1010. The number of rotatable bonds is 7. The Morgan fingerprint density at radius 3 is 2.70 bits per heavy atom. The van der Waals surface area contributed by atoms with Gasteiger partial charge in [-0.2, -0.15) is 0 Å². The van der Waals surface area contributed by atoms with Crippen molar-refractivity contribution in [1.29, 1.82) is 0 Å². The van der Waals surface area contributed by atoms with E-state index in [-0.39, 0.29) is 30.7 Å². The first-order valence-electron chi connectivity index (χ1n) is 11.0. The molecule has 0 spiro atoms. The van der Waals surface area contributed by atoms with Crippen LogP contribution in [0.4, 0.5) is 10.8 Å². The highest BCUT2D eigenvalue weighted by Gasteiger charge is 2.36. The molecule has 1 atom stereocenters. The second kappa shape index (κ2) is 11.0. The Kier molecular flexibility index (Phi) is 7.81. The predicted molar refractivity (Wildman–Crippen MR) is 128 cm³/mol. The lowest BCUT2D eigenvalue weighted by molar-refractivity contribution is -0.128. The third-order valence-electron chi connectivity index (χ3n) is 5.79. The van der Waals surface area contributed by atoms with Gasteiger partial charge in [-0.25, -0.2) is 0 Å². The van der Waals surface area contributed by atoms with Crippen molar-refractivity contribution in [2.75, 3.05) is 42.7 Å². The second-order valence-electron chi connectivity index (χ2n) is 8.02. The van der Waals surface area contributed by atoms with E-state index in [0.717, 1.165) is 25.9 Å². The number of carbonyl (C=O) groups excluding carboxylic acids is 3. The van der Waals surface area contributed by atoms with E-state index in [2.05, 4.69) is 15.5 Å². The van der Waals surface area contributed by atoms with Crippen molar-refractivity contribution in [3.05, 3.63) is 24.3 Å². The number of hydrogen-bond donors (Lipinski definition) is 1. The maximum atomic E-state index is 12.8. The molecule has 2 aliphatic heterocycles. The normalized spacial score (nSPS) is 18.8. The van der Waals surface area contributed by atoms with Gasteiger partial charge in [0.25, 0.3) is 0 Å². The zero-order valence-electron chi connectivity index (χ0n) is 18.5. The number of methoxy groups -OCH3 is 1. The number of amides is 3. The number of carbonyl (C=O) groups is 3. The summed E-state index contributed by atoms with van der Waals surface area (Å²) >= 11 is 2.57. The first-order chi connectivity index (χ1) is 16.0. The molecule has 0 bridgehead atoms. The summed E-state index contributed by atoms with van der Waals surface area (Å²) in [6.45, 7) is 1.92. The molecule has 0 aliphatic carbocycles. The first-order valence-corrected chi connectivity index (χ1v) is 12.8. The maximum absolute atomic E-state index is 12.8. The molecule has 0 saturated carbocycles. The molecule has 2 fully saturated rings. The Morgan fingerprint density at radius 1 is 1.18 bits per heavy atom. The Balaban J connectivity index is 1.29. The van der Waals surface area contributed by atoms with E-state index in [0.29, 0.717) is 26.7 Å². The van der Waals surface area contributed by atoms with Gasteiger partial charge in [0, 0.05) is 26.1 Å². The van der Waals surface area contributed by atoms with E-state index in [9.17, 15) is 14.4 Å². The van der Waals surface area contributed by atoms with Gasteiger partial charge in [-0.1, -0.05) is 48.1 Å². The molecule has 33 heavy (non-hydrogen) atoms. The van der Waals surface area contributed by atoms with Crippen molar-refractivity contribution in [3.8, 4) is 5.75 Å². The van der Waals surface area contributed by atoms with Crippen LogP contribution in [0.15, 0.2) is 28.6 Å². The maximum Gasteiger partial charge on any atom is 0.233 e. The zero-order chi connectivity index (χ0) is 23.2. The van der Waals surface area contributed by atoms with Crippen LogP contribution in [0.5, 0.6) is 5.75 Å². The van der Waals surface area contributed by atoms with Gasteiger partial charge in [-0.3, -0.25) is 14.4 Å². The number of nitrogens with zero attached hydrogens (tertiary/aromatic N) is 4. The number of nitrogens with one attached hydrogen (secondary N) is 1. The van der Waals surface area contributed by atoms with Crippen LogP contribution >= 0.6 is 23.1 Å². The van der Waals surface area contributed by atoms with Crippen molar-refractivity contribution in [3.63, 3.8) is 0 Å². The number of likely N-dealkylation sites (tertiary alicyclic amines) is 1. The molecule has 3 heterocycles. The first kappa shape index (κ1) is 23.5. The van der Waals surface area contributed by atoms with Crippen molar-refractivity contribution in [2.45, 2.75) is 36.4 Å². The minimum Gasteiger partial charge on any atom is -0.495 e. The standard InChI is InChI=1S/C22H27N5O4S2/c1-31-17-9-5-4-8-16(17)27-13-15(12-18(27)28)20(30)23-21-24-25-22(33-21)32-14-19(29)26-10-6-2-3-7-11-26/h4-5,8-9,15H,2-3,6-7,10-14H2,1H3,(H,23,24,30)/t15-/m1/s1. The van der Waals surface area contributed by atoms with Gasteiger partial charge in [-0.05, 0) is 25.0 Å². The molecule has 2 saturated heterocycles. The zero-order valence-corrected chi connectivity index (χ0v) is 20.1. The van der Waals surface area contributed by atoms with E-state index in [1.807, 2.05) is 17.0 Å². The number of para-hydroxylation sites is 2. The quantitative estimate of drug-likeness (QED) is 0.471. The number of ether oxygens (including phenoxy) is 1. The highest BCUT2D eigenvalue weighted by Crippen LogP contribution is 2.33. The van der Waals surface area contributed by atoms with Crippen molar-refractivity contribution in [2.24, 2.45) is 5.92 Å². The molecule has 1 aromatic carbocycles. The Morgan fingerprint density at radius 2 is 1.94 bits per heavy atom. The molecule has 2 aromatic rings. The molecule has 3 amide bonds. The van der Waals surface area contributed by atoms with E-state index >= 15 is 0 Å². The fourth-order valence-corrected chi connectivity index (χ4v) is 5.69. The van der Waals surface area contributed by atoms with Gasteiger partial charge < -0.3 is 19.9 Å². The summed E-state index contributed by atoms with van der Waals surface area (Å²) in [5.41, 5.74) is 0.656. The molecule has 176 valence electrons. The van der Waals surface area contributed by atoms with E-state index in [1.54, 1.807) is 24.1 Å². The van der Waals surface area contributed by atoms with Crippen LogP contribution in [0.3, 0.4) is 0 Å². The lowest BCUT2D eigenvalue weighted by Crippen LogP contribution is -2.33. The Labute approximate surface area is 200 Å². The molecule has 1 N–H and O–H groups in total. The largest absolute Gasteiger partial charge is 0.495 e. The Hall–Kier alpha value is -2.66. The summed E-state index contributed by atoms with van der Waals surface area (Å²) in [5, 5.41) is 11.3. The summed E-state index contributed by atoms with van der Waals surface area (Å²) in [6.07, 6.45) is 4.60. The molecule has 4 rings (SSSR count). The SMILES string of the molecule is COc1ccccc1N1C[C@H](C(=O)Nc2nnc(SCC(=O)N3CCCCCC3)s2)CC1=O. The third kappa shape index (κ3) is 5.83. The van der Waals surface area contributed by atoms with Crippen LogP contribution in [-0.4, -0.2) is 65.3 Å². The lowest BCUT2D eigenvalue weighted by Gasteiger charge is -2.19. The summed E-state index contributed by atoms with van der Waals surface area (Å²) in [5.74, 6) is 0.130. The van der Waals surface area contributed by atoms with E-state index in [1.165, 1.54) is 35.9 Å². The van der Waals surface area contributed by atoms with Crippen molar-refractivity contribution < 1.29 is 19.1 Å². The van der Waals surface area contributed by atoms with Crippen LogP contribution < -0.4 is 15.0 Å². The second-order valence-corrected chi connectivity index (χ2v) is 10.2. The van der Waals surface area contributed by atoms with E-state index < -0.39 is 5.92 Å². The van der Waals surface area contributed by atoms with Crippen molar-refractivity contribution in [1.82, 2.24) is 15.1 Å². The molecule has 9 nitrogen and oxygen atoms in total. The minimum atomic E-state index is -0.493. The van der Waals surface area contributed by atoms with Gasteiger partial charge in [0.05, 0.1) is 24.5 Å². The molecule has 11 heteroatoms. The van der Waals surface area contributed by atoms with Crippen LogP contribution in [0.1, 0.15) is 32.1 Å². The number of benzene rings is 1. The highest BCUT2D eigenvalue weighted by molar-refractivity contribution is 8.01. The number of aromatic nitrogens is 2. The van der Waals surface area contributed by atoms with Gasteiger partial charge >= 0.3 is 0 Å². The third-order valence-corrected chi connectivity index (χ3v) is 7.74. The summed E-state index contributed by atoms with van der Waals surface area (Å²) in [7, 11) is 1.55. The predicted octanol–water partition coefficient (Wildman–Crippen LogP) is 3.03. The van der Waals surface area contributed by atoms with Crippen LogP contribution in [0, 0.1) is 5.92 Å². The number of thioether (sulfide) groups is 1. The van der Waals surface area contributed by atoms with E-state index in [4.69, 9.17) is 4.74 Å². The summed E-state index contributed by atoms with van der Waals surface area (Å²) in [6, 6.07) is 7.25.